The minimum atomic E-state index is 0.436. The van der Waals surface area contributed by atoms with Crippen molar-refractivity contribution in [3.8, 4) is 17.6 Å². The Morgan fingerprint density at radius 3 is 2.70 bits per heavy atom. The van der Waals surface area contributed by atoms with Gasteiger partial charge >= 0.3 is 0 Å². The van der Waals surface area contributed by atoms with Crippen LogP contribution in [-0.2, 0) is 6.54 Å². The number of nitriles is 1. The molecule has 0 spiro atoms. The molecule has 1 aliphatic rings. The maximum atomic E-state index is 9.07. The summed E-state index contributed by atoms with van der Waals surface area (Å²) in [5.74, 6) is 2.46. The second-order valence-corrected chi connectivity index (χ2v) is 5.53. The topological polar surface area (TPSA) is 58.4 Å². The Labute approximate surface area is 136 Å². The highest BCUT2D eigenvalue weighted by atomic mass is 16.5. The summed E-state index contributed by atoms with van der Waals surface area (Å²) >= 11 is 0. The summed E-state index contributed by atoms with van der Waals surface area (Å²) in [6.07, 6.45) is 2.29. The summed E-state index contributed by atoms with van der Waals surface area (Å²) in [5.41, 5.74) is 1.48. The van der Waals surface area contributed by atoms with Gasteiger partial charge in [0, 0.05) is 18.2 Å². The van der Waals surface area contributed by atoms with Crippen LogP contribution < -0.4 is 14.4 Å². The third-order valence-electron chi connectivity index (χ3n) is 3.96. The molecule has 0 N–H and O–H groups in total. The van der Waals surface area contributed by atoms with Gasteiger partial charge in [-0.15, -0.1) is 0 Å². The van der Waals surface area contributed by atoms with Crippen molar-refractivity contribution in [3.63, 3.8) is 0 Å². The van der Waals surface area contributed by atoms with E-state index >= 15 is 0 Å². The monoisotopic (exact) mass is 309 g/mol. The lowest BCUT2D eigenvalue weighted by Gasteiger charge is -2.25. The third kappa shape index (κ3) is 3.37. The molecule has 1 heterocycles. The highest BCUT2D eigenvalue weighted by Crippen LogP contribution is 2.34. The molecule has 0 amide bonds. The van der Waals surface area contributed by atoms with Crippen molar-refractivity contribution in [3.05, 3.63) is 47.7 Å². The fourth-order valence-electron chi connectivity index (χ4n) is 2.62. The molecular weight excluding hydrogens is 290 g/mol. The van der Waals surface area contributed by atoms with E-state index in [-0.39, 0.29) is 0 Å². The molecule has 0 saturated heterocycles. The van der Waals surface area contributed by atoms with Crippen LogP contribution in [0.3, 0.4) is 0 Å². The van der Waals surface area contributed by atoms with Gasteiger partial charge in [-0.05, 0) is 43.2 Å². The van der Waals surface area contributed by atoms with Gasteiger partial charge in [-0.25, -0.2) is 4.98 Å². The number of hydrogen-bond acceptors (Lipinski definition) is 5. The number of nitrogens with zero attached hydrogens (tertiary/aromatic N) is 3. The Bertz CT molecular complexity index is 735. The number of benzene rings is 1. The number of pyridine rings is 1. The Morgan fingerprint density at radius 2 is 2.04 bits per heavy atom. The Morgan fingerprint density at radius 1 is 1.22 bits per heavy atom. The fraction of sp³-hybridized carbons (Fsp3) is 0.333. The molecule has 5 heteroatoms. The molecule has 2 aromatic rings. The van der Waals surface area contributed by atoms with Gasteiger partial charge in [0.15, 0.2) is 0 Å². The molecule has 1 aromatic carbocycles. The van der Waals surface area contributed by atoms with E-state index in [1.54, 1.807) is 20.3 Å². The average Bonchev–Trinajstić information content (AvgIpc) is 3.44. The number of aromatic nitrogens is 1. The largest absolute Gasteiger partial charge is 0.497 e. The van der Waals surface area contributed by atoms with Crippen LogP contribution in [0.1, 0.15) is 24.1 Å². The molecule has 0 unspecified atom stereocenters. The summed E-state index contributed by atoms with van der Waals surface area (Å²) in [6.45, 7) is 0.674. The van der Waals surface area contributed by atoms with E-state index in [4.69, 9.17) is 14.7 Å². The van der Waals surface area contributed by atoms with Gasteiger partial charge in [0.2, 0.25) is 0 Å². The van der Waals surface area contributed by atoms with Crippen LogP contribution in [0.25, 0.3) is 0 Å². The molecule has 1 fully saturated rings. The van der Waals surface area contributed by atoms with Crippen LogP contribution in [0.4, 0.5) is 5.82 Å². The zero-order valence-corrected chi connectivity index (χ0v) is 13.3. The number of hydrogen-bond donors (Lipinski definition) is 0. The standard InChI is InChI=1S/C18H19N3O2/c1-22-16-8-9-17(23-2)13(10-16)12-21(15-6-7-15)18-5-3-4-14(11-19)20-18/h3-5,8-10,15H,6-7,12H2,1-2H3. The van der Waals surface area contributed by atoms with Crippen molar-refractivity contribution in [1.82, 2.24) is 4.98 Å². The quantitative estimate of drug-likeness (QED) is 0.820. The second-order valence-electron chi connectivity index (χ2n) is 5.53. The first-order valence-electron chi connectivity index (χ1n) is 7.60. The SMILES string of the molecule is COc1ccc(OC)c(CN(c2cccc(C#N)n2)C2CC2)c1. The van der Waals surface area contributed by atoms with Crippen LogP contribution in [0.15, 0.2) is 36.4 Å². The summed E-state index contributed by atoms with van der Waals surface area (Å²) in [7, 11) is 3.32. The molecule has 0 atom stereocenters. The van der Waals surface area contributed by atoms with Crippen LogP contribution in [0, 0.1) is 11.3 Å². The van der Waals surface area contributed by atoms with E-state index in [2.05, 4.69) is 16.0 Å². The summed E-state index contributed by atoms with van der Waals surface area (Å²) in [5, 5.41) is 9.07. The van der Waals surface area contributed by atoms with Gasteiger partial charge in [-0.2, -0.15) is 5.26 Å². The zero-order valence-electron chi connectivity index (χ0n) is 13.3. The molecule has 1 aromatic heterocycles. The maximum absolute atomic E-state index is 9.07. The van der Waals surface area contributed by atoms with Crippen LogP contribution in [0.2, 0.25) is 0 Å². The number of methoxy groups -OCH3 is 2. The first-order chi connectivity index (χ1) is 11.2. The predicted octanol–water partition coefficient (Wildman–Crippen LogP) is 3.14. The minimum Gasteiger partial charge on any atom is -0.497 e. The van der Waals surface area contributed by atoms with Gasteiger partial charge in [0.05, 0.1) is 14.2 Å². The normalized spacial score (nSPS) is 13.3. The van der Waals surface area contributed by atoms with Gasteiger partial charge < -0.3 is 14.4 Å². The van der Waals surface area contributed by atoms with E-state index in [9.17, 15) is 0 Å². The van der Waals surface area contributed by atoms with Crippen molar-refractivity contribution in [1.29, 1.82) is 5.26 Å². The van der Waals surface area contributed by atoms with Crippen molar-refractivity contribution < 1.29 is 9.47 Å². The molecule has 118 valence electrons. The molecule has 5 nitrogen and oxygen atoms in total. The van der Waals surface area contributed by atoms with Crippen LogP contribution >= 0.6 is 0 Å². The molecule has 3 rings (SSSR count). The molecule has 1 saturated carbocycles. The van der Waals surface area contributed by atoms with E-state index in [0.29, 0.717) is 18.3 Å². The van der Waals surface area contributed by atoms with Crippen molar-refractivity contribution in [2.24, 2.45) is 0 Å². The summed E-state index contributed by atoms with van der Waals surface area (Å²) < 4.78 is 10.8. The lowest BCUT2D eigenvalue weighted by molar-refractivity contribution is 0.398. The van der Waals surface area contributed by atoms with E-state index < -0.39 is 0 Å². The smallest absolute Gasteiger partial charge is 0.142 e. The zero-order chi connectivity index (χ0) is 16.2. The lowest BCUT2D eigenvalue weighted by Crippen LogP contribution is -2.26. The van der Waals surface area contributed by atoms with E-state index in [1.165, 1.54) is 0 Å². The molecule has 0 bridgehead atoms. The van der Waals surface area contributed by atoms with Crippen LogP contribution in [-0.4, -0.2) is 25.2 Å². The van der Waals surface area contributed by atoms with Crippen molar-refractivity contribution >= 4 is 5.82 Å². The highest BCUT2D eigenvalue weighted by molar-refractivity contribution is 5.48. The van der Waals surface area contributed by atoms with Gasteiger partial charge in [-0.3, -0.25) is 0 Å². The van der Waals surface area contributed by atoms with E-state index in [0.717, 1.165) is 35.7 Å². The Hall–Kier alpha value is -2.74. The second kappa shape index (κ2) is 6.57. The fourth-order valence-corrected chi connectivity index (χ4v) is 2.62. The first-order valence-corrected chi connectivity index (χ1v) is 7.60. The summed E-state index contributed by atoms with van der Waals surface area (Å²) in [4.78, 5) is 6.67. The Kier molecular flexibility index (Phi) is 4.33. The van der Waals surface area contributed by atoms with Gasteiger partial charge in [-0.1, -0.05) is 6.07 Å². The first kappa shape index (κ1) is 15.2. The van der Waals surface area contributed by atoms with Crippen molar-refractivity contribution in [2.45, 2.75) is 25.4 Å². The highest BCUT2D eigenvalue weighted by Gasteiger charge is 2.30. The summed E-state index contributed by atoms with van der Waals surface area (Å²) in [6, 6.07) is 13.9. The third-order valence-corrected chi connectivity index (χ3v) is 3.96. The number of ether oxygens (including phenoxy) is 2. The van der Waals surface area contributed by atoms with Crippen molar-refractivity contribution in [2.75, 3.05) is 19.1 Å². The van der Waals surface area contributed by atoms with Gasteiger partial charge in [0.25, 0.3) is 0 Å². The minimum absolute atomic E-state index is 0.436. The van der Waals surface area contributed by atoms with E-state index in [1.807, 2.05) is 30.3 Å². The average molecular weight is 309 g/mol. The molecule has 0 radical (unpaired) electrons. The maximum Gasteiger partial charge on any atom is 0.142 e. The molecule has 1 aliphatic carbocycles. The predicted molar refractivity (Wildman–Crippen MR) is 87.7 cm³/mol. The van der Waals surface area contributed by atoms with Crippen LogP contribution in [0.5, 0.6) is 11.5 Å². The number of rotatable bonds is 6. The lowest BCUT2D eigenvalue weighted by atomic mass is 10.1. The Balaban J connectivity index is 1.93. The molecule has 0 aliphatic heterocycles. The molecule has 23 heavy (non-hydrogen) atoms. The van der Waals surface area contributed by atoms with Gasteiger partial charge in [0.1, 0.15) is 29.1 Å². The molecular formula is C18H19N3O2. The number of anilines is 1.